The number of hydrogen-bond donors (Lipinski definition) is 2. The molecule has 0 spiro atoms. The van der Waals surface area contributed by atoms with E-state index in [2.05, 4.69) is 19.9 Å². The highest BCUT2D eigenvalue weighted by molar-refractivity contribution is 5.95. The minimum absolute atomic E-state index is 0.0541. The van der Waals surface area contributed by atoms with E-state index in [-0.39, 0.29) is 5.84 Å². The lowest BCUT2D eigenvalue weighted by molar-refractivity contribution is 0.247. The van der Waals surface area contributed by atoms with Crippen LogP contribution in [0.4, 0.5) is 5.82 Å². The fourth-order valence-electron chi connectivity index (χ4n) is 2.55. The van der Waals surface area contributed by atoms with Crippen LogP contribution >= 0.6 is 0 Å². The van der Waals surface area contributed by atoms with Gasteiger partial charge in [0.05, 0.1) is 0 Å². The SMILES string of the molecule is NC(=NO)c1cccc(N2CCN(C3CC3)CC2)n1. The summed E-state index contributed by atoms with van der Waals surface area (Å²) in [5, 5.41) is 11.7. The van der Waals surface area contributed by atoms with Gasteiger partial charge in [0.1, 0.15) is 11.5 Å². The molecule has 0 radical (unpaired) electrons. The molecule has 2 heterocycles. The van der Waals surface area contributed by atoms with Crippen LogP contribution < -0.4 is 10.6 Å². The summed E-state index contributed by atoms with van der Waals surface area (Å²) in [7, 11) is 0. The van der Waals surface area contributed by atoms with Gasteiger partial charge in [-0.3, -0.25) is 4.90 Å². The first kappa shape index (κ1) is 12.2. The lowest BCUT2D eigenvalue weighted by atomic mass is 10.2. The minimum atomic E-state index is 0.0541. The normalized spacial score (nSPS) is 21.7. The van der Waals surface area contributed by atoms with E-state index in [0.717, 1.165) is 38.0 Å². The standard InChI is InChI=1S/C13H19N5O/c14-13(16-19)11-2-1-3-12(15-11)18-8-6-17(7-9-18)10-4-5-10/h1-3,10,19H,4-9H2,(H2,14,16). The molecule has 1 aromatic rings. The average molecular weight is 261 g/mol. The monoisotopic (exact) mass is 261 g/mol. The van der Waals surface area contributed by atoms with Crippen LogP contribution in [0.5, 0.6) is 0 Å². The highest BCUT2D eigenvalue weighted by Crippen LogP contribution is 2.28. The topological polar surface area (TPSA) is 78.0 Å². The molecule has 0 aromatic carbocycles. The van der Waals surface area contributed by atoms with Gasteiger partial charge >= 0.3 is 0 Å². The van der Waals surface area contributed by atoms with Crippen LogP contribution in [0.3, 0.4) is 0 Å². The Morgan fingerprint density at radius 3 is 2.63 bits per heavy atom. The lowest BCUT2D eigenvalue weighted by Gasteiger charge is -2.35. The van der Waals surface area contributed by atoms with Gasteiger partial charge in [0, 0.05) is 32.2 Å². The molecule has 6 heteroatoms. The number of oxime groups is 1. The number of rotatable bonds is 3. The zero-order valence-electron chi connectivity index (χ0n) is 10.9. The van der Waals surface area contributed by atoms with Gasteiger partial charge in [-0.05, 0) is 25.0 Å². The molecule has 0 bridgehead atoms. The molecule has 6 nitrogen and oxygen atoms in total. The molecule has 0 unspecified atom stereocenters. The summed E-state index contributed by atoms with van der Waals surface area (Å²) in [6.07, 6.45) is 2.72. The molecule has 0 amide bonds. The van der Waals surface area contributed by atoms with Crippen molar-refractivity contribution in [3.63, 3.8) is 0 Å². The van der Waals surface area contributed by atoms with E-state index in [0.29, 0.717) is 5.69 Å². The van der Waals surface area contributed by atoms with E-state index in [1.165, 1.54) is 12.8 Å². The Balaban J connectivity index is 1.69. The van der Waals surface area contributed by atoms with Gasteiger partial charge in [-0.25, -0.2) is 4.98 Å². The third kappa shape index (κ3) is 2.63. The third-order valence-electron chi connectivity index (χ3n) is 3.81. The van der Waals surface area contributed by atoms with E-state index in [9.17, 15) is 0 Å². The average Bonchev–Trinajstić information content (AvgIpc) is 3.31. The summed E-state index contributed by atoms with van der Waals surface area (Å²) in [4.78, 5) is 9.26. The van der Waals surface area contributed by atoms with Crippen molar-refractivity contribution in [1.29, 1.82) is 0 Å². The van der Waals surface area contributed by atoms with E-state index >= 15 is 0 Å². The Morgan fingerprint density at radius 2 is 2.00 bits per heavy atom. The molecule has 3 rings (SSSR count). The van der Waals surface area contributed by atoms with Crippen LogP contribution in [0.25, 0.3) is 0 Å². The molecule has 19 heavy (non-hydrogen) atoms. The van der Waals surface area contributed by atoms with Crippen molar-refractivity contribution in [2.45, 2.75) is 18.9 Å². The van der Waals surface area contributed by atoms with Gasteiger partial charge in [-0.15, -0.1) is 0 Å². The Labute approximate surface area is 112 Å². The van der Waals surface area contributed by atoms with E-state index in [1.54, 1.807) is 6.07 Å². The van der Waals surface area contributed by atoms with Gasteiger partial charge in [-0.1, -0.05) is 11.2 Å². The van der Waals surface area contributed by atoms with Gasteiger partial charge < -0.3 is 15.8 Å². The van der Waals surface area contributed by atoms with Crippen molar-refractivity contribution in [2.24, 2.45) is 10.9 Å². The Kier molecular flexibility index (Phi) is 3.25. The number of hydrogen-bond acceptors (Lipinski definition) is 5. The molecule has 2 aliphatic rings. The second kappa shape index (κ2) is 5.05. The zero-order valence-corrected chi connectivity index (χ0v) is 10.9. The summed E-state index contributed by atoms with van der Waals surface area (Å²) in [6, 6.07) is 6.45. The molecule has 1 aromatic heterocycles. The predicted molar refractivity (Wildman–Crippen MR) is 73.6 cm³/mol. The molecule has 0 atom stereocenters. The number of piperazine rings is 1. The summed E-state index contributed by atoms with van der Waals surface area (Å²) in [5.41, 5.74) is 6.09. The second-order valence-corrected chi connectivity index (χ2v) is 5.12. The minimum Gasteiger partial charge on any atom is -0.409 e. The molecule has 2 fully saturated rings. The summed E-state index contributed by atoms with van der Waals surface area (Å²) >= 11 is 0. The smallest absolute Gasteiger partial charge is 0.188 e. The second-order valence-electron chi connectivity index (χ2n) is 5.12. The maximum absolute atomic E-state index is 8.69. The van der Waals surface area contributed by atoms with Crippen LogP contribution in [0.1, 0.15) is 18.5 Å². The molecule has 1 aliphatic carbocycles. The number of pyridine rings is 1. The number of amidine groups is 1. The highest BCUT2D eigenvalue weighted by atomic mass is 16.4. The Bertz CT molecular complexity index is 478. The molecular formula is C13H19N5O. The number of aromatic nitrogens is 1. The van der Waals surface area contributed by atoms with Crippen molar-refractivity contribution in [2.75, 3.05) is 31.1 Å². The summed E-state index contributed by atoms with van der Waals surface area (Å²) < 4.78 is 0. The number of nitrogens with zero attached hydrogens (tertiary/aromatic N) is 4. The molecular weight excluding hydrogens is 242 g/mol. The first-order valence-corrected chi connectivity index (χ1v) is 6.72. The van der Waals surface area contributed by atoms with Crippen molar-refractivity contribution >= 4 is 11.7 Å². The van der Waals surface area contributed by atoms with Crippen LogP contribution in [0.2, 0.25) is 0 Å². The molecule has 3 N–H and O–H groups in total. The molecule has 102 valence electrons. The van der Waals surface area contributed by atoms with E-state index < -0.39 is 0 Å². The predicted octanol–water partition coefficient (Wildman–Crippen LogP) is 0.460. The first-order valence-electron chi connectivity index (χ1n) is 6.72. The largest absolute Gasteiger partial charge is 0.409 e. The summed E-state index contributed by atoms with van der Waals surface area (Å²) in [5.74, 6) is 0.956. The molecule has 1 saturated heterocycles. The zero-order chi connectivity index (χ0) is 13.2. The Morgan fingerprint density at radius 1 is 1.26 bits per heavy atom. The number of anilines is 1. The number of nitrogens with two attached hydrogens (primary N) is 1. The van der Waals surface area contributed by atoms with Gasteiger partial charge in [-0.2, -0.15) is 0 Å². The lowest BCUT2D eigenvalue weighted by Crippen LogP contribution is -2.47. The maximum Gasteiger partial charge on any atom is 0.188 e. The first-order chi connectivity index (χ1) is 9.28. The third-order valence-corrected chi connectivity index (χ3v) is 3.81. The molecule has 1 saturated carbocycles. The van der Waals surface area contributed by atoms with E-state index in [4.69, 9.17) is 10.9 Å². The van der Waals surface area contributed by atoms with Crippen molar-refractivity contribution in [3.8, 4) is 0 Å². The molecule has 1 aliphatic heterocycles. The van der Waals surface area contributed by atoms with Crippen LogP contribution in [0.15, 0.2) is 23.4 Å². The van der Waals surface area contributed by atoms with Crippen LogP contribution in [-0.2, 0) is 0 Å². The van der Waals surface area contributed by atoms with Crippen molar-refractivity contribution < 1.29 is 5.21 Å². The van der Waals surface area contributed by atoms with Crippen molar-refractivity contribution in [3.05, 3.63) is 23.9 Å². The van der Waals surface area contributed by atoms with Crippen LogP contribution in [-0.4, -0.2) is 53.1 Å². The van der Waals surface area contributed by atoms with Gasteiger partial charge in [0.15, 0.2) is 5.84 Å². The van der Waals surface area contributed by atoms with Crippen molar-refractivity contribution in [1.82, 2.24) is 9.88 Å². The fourth-order valence-corrected chi connectivity index (χ4v) is 2.55. The van der Waals surface area contributed by atoms with Crippen LogP contribution in [0, 0.1) is 0 Å². The highest BCUT2D eigenvalue weighted by Gasteiger charge is 2.31. The maximum atomic E-state index is 8.69. The summed E-state index contributed by atoms with van der Waals surface area (Å²) in [6.45, 7) is 4.17. The van der Waals surface area contributed by atoms with Gasteiger partial charge in [0.25, 0.3) is 0 Å². The fraction of sp³-hybridized carbons (Fsp3) is 0.538. The Hall–Kier alpha value is -1.82. The van der Waals surface area contributed by atoms with E-state index in [1.807, 2.05) is 12.1 Å². The van der Waals surface area contributed by atoms with Gasteiger partial charge in [0.2, 0.25) is 0 Å². The quantitative estimate of drug-likeness (QED) is 0.358.